The molecule has 20 heavy (non-hydrogen) atoms. The lowest BCUT2D eigenvalue weighted by molar-refractivity contribution is 0.155. The van der Waals surface area contributed by atoms with E-state index in [2.05, 4.69) is 41.5 Å². The molecule has 1 aromatic rings. The van der Waals surface area contributed by atoms with E-state index in [1.54, 1.807) is 5.56 Å². The first kappa shape index (κ1) is 12.8. The third-order valence-electron chi connectivity index (χ3n) is 5.36. The molecule has 2 heteroatoms. The molecule has 3 aliphatic carbocycles. The zero-order valence-corrected chi connectivity index (χ0v) is 12.5. The van der Waals surface area contributed by atoms with Crippen molar-refractivity contribution in [1.82, 2.24) is 10.2 Å². The average Bonchev–Trinajstić information content (AvgIpc) is 3.38. The first-order chi connectivity index (χ1) is 9.85. The normalized spacial score (nSPS) is 28.9. The van der Waals surface area contributed by atoms with Crippen LogP contribution < -0.4 is 5.32 Å². The molecule has 3 aliphatic rings. The van der Waals surface area contributed by atoms with Crippen LogP contribution in [0.3, 0.4) is 0 Å². The van der Waals surface area contributed by atoms with E-state index in [9.17, 15) is 0 Å². The van der Waals surface area contributed by atoms with Crippen LogP contribution in [0.2, 0.25) is 0 Å². The minimum absolute atomic E-state index is 0.531. The lowest BCUT2D eigenvalue weighted by Crippen LogP contribution is -2.44. The van der Waals surface area contributed by atoms with Gasteiger partial charge < -0.3 is 5.32 Å². The van der Waals surface area contributed by atoms with Gasteiger partial charge in [0.2, 0.25) is 0 Å². The Hall–Kier alpha value is -0.860. The lowest BCUT2D eigenvalue weighted by atomic mass is 10.1. The summed E-state index contributed by atoms with van der Waals surface area (Å²) in [7, 11) is 2.13. The van der Waals surface area contributed by atoms with E-state index in [1.165, 1.54) is 50.8 Å². The molecule has 0 aromatic heterocycles. The zero-order valence-electron chi connectivity index (χ0n) is 12.5. The summed E-state index contributed by atoms with van der Waals surface area (Å²) in [5.41, 5.74) is 3.10. The van der Waals surface area contributed by atoms with Crippen LogP contribution in [0.4, 0.5) is 0 Å². The molecule has 4 rings (SSSR count). The van der Waals surface area contributed by atoms with Gasteiger partial charge >= 0.3 is 0 Å². The van der Waals surface area contributed by atoms with Gasteiger partial charge in [-0.2, -0.15) is 0 Å². The van der Waals surface area contributed by atoms with Crippen molar-refractivity contribution in [3.8, 4) is 0 Å². The molecular weight excluding hydrogens is 244 g/mol. The van der Waals surface area contributed by atoms with Gasteiger partial charge in [0.1, 0.15) is 0 Å². The van der Waals surface area contributed by atoms with Crippen LogP contribution in [0.25, 0.3) is 0 Å². The largest absolute Gasteiger partial charge is 0.312 e. The van der Waals surface area contributed by atoms with Crippen LogP contribution in [0.15, 0.2) is 24.3 Å². The Morgan fingerprint density at radius 1 is 1.05 bits per heavy atom. The van der Waals surface area contributed by atoms with E-state index in [-0.39, 0.29) is 0 Å². The maximum atomic E-state index is 3.60. The van der Waals surface area contributed by atoms with Crippen LogP contribution in [-0.4, -0.2) is 31.1 Å². The van der Waals surface area contributed by atoms with Crippen molar-refractivity contribution in [1.29, 1.82) is 0 Å². The Morgan fingerprint density at radius 2 is 1.70 bits per heavy atom. The summed E-state index contributed by atoms with van der Waals surface area (Å²) < 4.78 is 0. The third-order valence-corrected chi connectivity index (χ3v) is 5.36. The molecule has 0 saturated heterocycles. The molecule has 108 valence electrons. The van der Waals surface area contributed by atoms with E-state index < -0.39 is 0 Å². The summed E-state index contributed by atoms with van der Waals surface area (Å²) in [6, 6.07) is 10.2. The first-order valence-electron chi connectivity index (χ1n) is 8.34. The summed E-state index contributed by atoms with van der Waals surface area (Å²) in [5.74, 6) is 1.99. The number of nitrogens with zero attached hydrogens (tertiary/aromatic N) is 1. The van der Waals surface area contributed by atoms with Gasteiger partial charge in [-0.15, -0.1) is 0 Å². The second-order valence-corrected chi connectivity index (χ2v) is 7.08. The number of hydrogen-bond donors (Lipinski definition) is 1. The molecule has 2 nitrogen and oxygen atoms in total. The molecule has 2 saturated carbocycles. The van der Waals surface area contributed by atoms with Gasteiger partial charge in [0, 0.05) is 25.2 Å². The van der Waals surface area contributed by atoms with Gasteiger partial charge in [0.25, 0.3) is 0 Å². The second kappa shape index (κ2) is 5.16. The van der Waals surface area contributed by atoms with Crippen LogP contribution in [-0.2, 0) is 6.42 Å². The van der Waals surface area contributed by atoms with Gasteiger partial charge in [0.15, 0.2) is 0 Å². The van der Waals surface area contributed by atoms with E-state index in [0.717, 1.165) is 11.8 Å². The SMILES string of the molecule is CNC1c2ccccc2CC1N(CC1CC1)CC1CC1. The quantitative estimate of drug-likeness (QED) is 0.855. The molecule has 0 spiro atoms. The maximum absolute atomic E-state index is 3.60. The summed E-state index contributed by atoms with van der Waals surface area (Å²) in [5, 5.41) is 3.60. The third kappa shape index (κ3) is 2.51. The average molecular weight is 270 g/mol. The van der Waals surface area contributed by atoms with E-state index >= 15 is 0 Å². The van der Waals surface area contributed by atoms with Gasteiger partial charge in [-0.25, -0.2) is 0 Å². The van der Waals surface area contributed by atoms with E-state index in [1.807, 2.05) is 0 Å². The fraction of sp³-hybridized carbons (Fsp3) is 0.667. The van der Waals surface area contributed by atoms with Crippen molar-refractivity contribution in [2.24, 2.45) is 11.8 Å². The number of rotatable bonds is 6. The number of nitrogens with one attached hydrogen (secondary N) is 1. The molecule has 2 unspecified atom stereocenters. The standard InChI is InChI=1S/C18H26N2/c1-19-18-16-5-3-2-4-15(16)10-17(18)20(11-13-6-7-13)12-14-8-9-14/h2-5,13-14,17-19H,6-12H2,1H3. The fourth-order valence-corrected chi connectivity index (χ4v) is 3.87. The highest BCUT2D eigenvalue weighted by Crippen LogP contribution is 2.40. The molecule has 2 atom stereocenters. The summed E-state index contributed by atoms with van der Waals surface area (Å²) >= 11 is 0. The van der Waals surface area contributed by atoms with Crippen LogP contribution in [0, 0.1) is 11.8 Å². The highest BCUT2D eigenvalue weighted by molar-refractivity contribution is 5.37. The van der Waals surface area contributed by atoms with Crippen molar-refractivity contribution in [3.05, 3.63) is 35.4 Å². The Morgan fingerprint density at radius 3 is 2.30 bits per heavy atom. The van der Waals surface area contributed by atoms with Crippen LogP contribution in [0.1, 0.15) is 42.9 Å². The highest BCUT2D eigenvalue weighted by Gasteiger charge is 2.39. The van der Waals surface area contributed by atoms with Gasteiger partial charge in [0.05, 0.1) is 0 Å². The maximum Gasteiger partial charge on any atom is 0.0481 e. The Labute approximate surface area is 122 Å². The summed E-state index contributed by atoms with van der Waals surface area (Å²) in [4.78, 5) is 2.83. The number of benzene rings is 1. The number of likely N-dealkylation sites (N-methyl/N-ethyl adjacent to an activating group) is 1. The predicted molar refractivity (Wildman–Crippen MR) is 82.8 cm³/mol. The summed E-state index contributed by atoms with van der Waals surface area (Å²) in [6.07, 6.45) is 7.09. The minimum atomic E-state index is 0.531. The van der Waals surface area contributed by atoms with E-state index in [0.29, 0.717) is 12.1 Å². The van der Waals surface area contributed by atoms with Crippen molar-refractivity contribution in [2.45, 2.75) is 44.2 Å². The van der Waals surface area contributed by atoms with E-state index in [4.69, 9.17) is 0 Å². The molecule has 0 amide bonds. The van der Waals surface area contributed by atoms with Crippen molar-refractivity contribution < 1.29 is 0 Å². The summed E-state index contributed by atoms with van der Waals surface area (Å²) in [6.45, 7) is 2.68. The molecule has 1 N–H and O–H groups in total. The monoisotopic (exact) mass is 270 g/mol. The molecular formula is C18H26N2. The highest BCUT2D eigenvalue weighted by atomic mass is 15.2. The number of hydrogen-bond acceptors (Lipinski definition) is 2. The van der Waals surface area contributed by atoms with Gasteiger partial charge in [-0.3, -0.25) is 4.90 Å². The van der Waals surface area contributed by atoms with Gasteiger partial charge in [-0.05, 0) is 62.1 Å². The molecule has 0 aliphatic heterocycles. The fourth-order valence-electron chi connectivity index (χ4n) is 3.87. The Balaban J connectivity index is 1.55. The molecule has 0 radical (unpaired) electrons. The second-order valence-electron chi connectivity index (χ2n) is 7.08. The van der Waals surface area contributed by atoms with Crippen LogP contribution in [0.5, 0.6) is 0 Å². The van der Waals surface area contributed by atoms with Crippen LogP contribution >= 0.6 is 0 Å². The Bertz CT molecular complexity index is 462. The molecule has 0 bridgehead atoms. The smallest absolute Gasteiger partial charge is 0.0481 e. The number of fused-ring (bicyclic) bond motifs is 1. The molecule has 0 heterocycles. The molecule has 2 fully saturated rings. The predicted octanol–water partition coefficient (Wildman–Crippen LogP) is 2.99. The van der Waals surface area contributed by atoms with Gasteiger partial charge in [-0.1, -0.05) is 24.3 Å². The zero-order chi connectivity index (χ0) is 13.5. The van der Waals surface area contributed by atoms with Crippen molar-refractivity contribution in [3.63, 3.8) is 0 Å². The topological polar surface area (TPSA) is 15.3 Å². The lowest BCUT2D eigenvalue weighted by Gasteiger charge is -2.33. The Kier molecular flexibility index (Phi) is 3.31. The first-order valence-corrected chi connectivity index (χ1v) is 8.34. The van der Waals surface area contributed by atoms with Crippen molar-refractivity contribution in [2.75, 3.05) is 20.1 Å². The molecule has 1 aromatic carbocycles. The van der Waals surface area contributed by atoms with Crippen molar-refractivity contribution >= 4 is 0 Å². The minimum Gasteiger partial charge on any atom is -0.312 e.